The van der Waals surface area contributed by atoms with Crippen LogP contribution in [0.25, 0.3) is 10.1 Å². The molecule has 1 aliphatic heterocycles. The van der Waals surface area contributed by atoms with Gasteiger partial charge in [0.15, 0.2) is 0 Å². The fourth-order valence-electron chi connectivity index (χ4n) is 3.91. The summed E-state index contributed by atoms with van der Waals surface area (Å²) in [6, 6.07) is 16.3. The number of aliphatic hydroxyl groups excluding tert-OH is 4. The highest BCUT2D eigenvalue weighted by molar-refractivity contribution is 7.19. The quantitative estimate of drug-likeness (QED) is 0.496. The molecule has 1 aliphatic rings. The first-order chi connectivity index (χ1) is 14.4. The zero-order chi connectivity index (χ0) is 21.4. The second kappa shape index (κ2) is 8.63. The van der Waals surface area contributed by atoms with Crippen LogP contribution in [0.1, 0.15) is 22.1 Å². The number of hydrogen-bond acceptors (Lipinski definition) is 7. The average molecular weight is 430 g/mol. The van der Waals surface area contributed by atoms with E-state index in [2.05, 4.69) is 29.2 Å². The van der Waals surface area contributed by atoms with Gasteiger partial charge in [0, 0.05) is 35.8 Å². The largest absolute Gasteiger partial charge is 0.394 e. The number of benzene rings is 2. The third-order valence-electron chi connectivity index (χ3n) is 5.62. The minimum Gasteiger partial charge on any atom is -0.394 e. The van der Waals surface area contributed by atoms with E-state index in [1.54, 1.807) is 11.3 Å². The first kappa shape index (κ1) is 21.2. The van der Waals surface area contributed by atoms with Gasteiger partial charge in [-0.1, -0.05) is 24.3 Å². The van der Waals surface area contributed by atoms with Crippen molar-refractivity contribution >= 4 is 27.1 Å². The van der Waals surface area contributed by atoms with Crippen molar-refractivity contribution in [1.82, 2.24) is 0 Å². The van der Waals surface area contributed by atoms with Crippen molar-refractivity contribution in [2.45, 2.75) is 36.9 Å². The SMILES string of the molecule is CN(C)c1ccc2sc(Cc3cccc([C@@H]4O[C@H](CO)[C@@H](O)[C@H](O)[C@H]4O)c3)cc2c1. The van der Waals surface area contributed by atoms with Gasteiger partial charge in [-0.25, -0.2) is 0 Å². The van der Waals surface area contributed by atoms with E-state index in [1.807, 2.05) is 38.4 Å². The van der Waals surface area contributed by atoms with Crippen LogP contribution in [-0.4, -0.2) is 65.5 Å². The standard InChI is InChI=1S/C23H27NO5S/c1-24(2)16-6-7-19-15(10-16)11-17(30-19)9-13-4-3-5-14(8-13)23-22(28)21(27)20(26)18(12-25)29-23/h3-8,10-11,18,20-23,25-28H,9,12H2,1-2H3/t18-,20-,21+,22-,23+/m1/s1. The van der Waals surface area contributed by atoms with Crippen molar-refractivity contribution < 1.29 is 25.2 Å². The monoisotopic (exact) mass is 429 g/mol. The van der Waals surface area contributed by atoms with E-state index in [-0.39, 0.29) is 0 Å². The number of thiophene rings is 1. The Labute approximate surface area is 179 Å². The molecule has 0 spiro atoms. The first-order valence-electron chi connectivity index (χ1n) is 9.96. The molecule has 160 valence electrons. The molecule has 6 nitrogen and oxygen atoms in total. The molecule has 4 rings (SSSR count). The van der Waals surface area contributed by atoms with Crippen molar-refractivity contribution in [2.75, 3.05) is 25.6 Å². The van der Waals surface area contributed by atoms with Crippen LogP contribution in [0.2, 0.25) is 0 Å². The van der Waals surface area contributed by atoms with Crippen LogP contribution in [0.15, 0.2) is 48.5 Å². The van der Waals surface area contributed by atoms with Gasteiger partial charge in [0.1, 0.15) is 30.5 Å². The molecule has 1 fully saturated rings. The summed E-state index contributed by atoms with van der Waals surface area (Å²) in [5.41, 5.74) is 2.93. The van der Waals surface area contributed by atoms with E-state index in [9.17, 15) is 20.4 Å². The third-order valence-corrected chi connectivity index (χ3v) is 6.73. The van der Waals surface area contributed by atoms with E-state index < -0.39 is 37.1 Å². The zero-order valence-electron chi connectivity index (χ0n) is 17.0. The summed E-state index contributed by atoms with van der Waals surface area (Å²) in [6.07, 6.45) is -4.99. The minimum atomic E-state index is -1.38. The van der Waals surface area contributed by atoms with Gasteiger partial charge < -0.3 is 30.1 Å². The van der Waals surface area contributed by atoms with Crippen LogP contribution in [0, 0.1) is 0 Å². The highest BCUT2D eigenvalue weighted by Crippen LogP contribution is 2.34. The van der Waals surface area contributed by atoms with Crippen molar-refractivity contribution in [3.05, 3.63) is 64.5 Å². The molecule has 0 saturated carbocycles. The van der Waals surface area contributed by atoms with Gasteiger partial charge in [-0.3, -0.25) is 0 Å². The molecule has 30 heavy (non-hydrogen) atoms. The maximum absolute atomic E-state index is 10.4. The molecule has 0 radical (unpaired) electrons. The molecule has 0 aliphatic carbocycles. The Kier molecular flexibility index (Phi) is 6.11. The second-order valence-electron chi connectivity index (χ2n) is 8.00. The van der Waals surface area contributed by atoms with Gasteiger partial charge >= 0.3 is 0 Å². The van der Waals surface area contributed by atoms with Gasteiger partial charge in [-0.05, 0) is 40.8 Å². The van der Waals surface area contributed by atoms with Crippen molar-refractivity contribution in [2.24, 2.45) is 0 Å². The predicted molar refractivity (Wildman–Crippen MR) is 118 cm³/mol. The summed E-state index contributed by atoms with van der Waals surface area (Å²) in [5, 5.41) is 41.1. The number of anilines is 1. The number of rotatable bonds is 5. The molecule has 0 bridgehead atoms. The number of hydrogen-bond donors (Lipinski definition) is 4. The molecule has 1 saturated heterocycles. The highest BCUT2D eigenvalue weighted by Gasteiger charge is 2.43. The summed E-state index contributed by atoms with van der Waals surface area (Å²) >= 11 is 1.75. The Hall–Kier alpha value is -2.00. The maximum atomic E-state index is 10.4. The molecule has 0 unspecified atom stereocenters. The van der Waals surface area contributed by atoms with Crippen LogP contribution < -0.4 is 4.90 Å². The lowest BCUT2D eigenvalue weighted by Gasteiger charge is -2.40. The van der Waals surface area contributed by atoms with Gasteiger partial charge in [-0.2, -0.15) is 0 Å². The Morgan fingerprint density at radius 2 is 1.77 bits per heavy atom. The van der Waals surface area contributed by atoms with Crippen LogP contribution >= 0.6 is 11.3 Å². The second-order valence-corrected chi connectivity index (χ2v) is 9.17. The Morgan fingerprint density at radius 1 is 0.967 bits per heavy atom. The topological polar surface area (TPSA) is 93.4 Å². The van der Waals surface area contributed by atoms with E-state index in [4.69, 9.17) is 4.74 Å². The average Bonchev–Trinajstić information content (AvgIpc) is 3.13. The van der Waals surface area contributed by atoms with Crippen LogP contribution in [-0.2, 0) is 11.2 Å². The maximum Gasteiger partial charge on any atom is 0.113 e. The fraction of sp³-hybridized carbons (Fsp3) is 0.391. The van der Waals surface area contributed by atoms with Crippen molar-refractivity contribution in [1.29, 1.82) is 0 Å². The molecule has 3 aromatic rings. The normalized spacial score (nSPS) is 26.8. The summed E-state index contributed by atoms with van der Waals surface area (Å²) in [5.74, 6) is 0. The highest BCUT2D eigenvalue weighted by atomic mass is 32.1. The first-order valence-corrected chi connectivity index (χ1v) is 10.8. The number of fused-ring (bicyclic) bond motifs is 1. The zero-order valence-corrected chi connectivity index (χ0v) is 17.8. The number of nitrogens with zero attached hydrogens (tertiary/aromatic N) is 1. The van der Waals surface area contributed by atoms with Crippen LogP contribution in [0.4, 0.5) is 5.69 Å². The molecule has 5 atom stereocenters. The van der Waals surface area contributed by atoms with Crippen LogP contribution in [0.5, 0.6) is 0 Å². The molecule has 0 amide bonds. The Bertz CT molecular complexity index is 1020. The van der Waals surface area contributed by atoms with E-state index in [0.29, 0.717) is 5.56 Å². The van der Waals surface area contributed by atoms with Gasteiger partial charge in [0.2, 0.25) is 0 Å². The lowest BCUT2D eigenvalue weighted by molar-refractivity contribution is -0.231. The van der Waals surface area contributed by atoms with Gasteiger partial charge in [0.25, 0.3) is 0 Å². The van der Waals surface area contributed by atoms with E-state index in [0.717, 1.165) is 17.7 Å². The van der Waals surface area contributed by atoms with Gasteiger partial charge in [-0.15, -0.1) is 11.3 Å². The third kappa shape index (κ3) is 4.09. The lowest BCUT2D eigenvalue weighted by atomic mass is 9.90. The van der Waals surface area contributed by atoms with Gasteiger partial charge in [0.05, 0.1) is 6.61 Å². The number of aliphatic hydroxyl groups is 4. The lowest BCUT2D eigenvalue weighted by Crippen LogP contribution is -2.55. The minimum absolute atomic E-state index is 0.433. The van der Waals surface area contributed by atoms with E-state index >= 15 is 0 Å². The summed E-state index contributed by atoms with van der Waals surface area (Å²) in [7, 11) is 4.05. The summed E-state index contributed by atoms with van der Waals surface area (Å²) in [4.78, 5) is 3.31. The molecule has 4 N–H and O–H groups in total. The van der Waals surface area contributed by atoms with Crippen molar-refractivity contribution in [3.63, 3.8) is 0 Å². The molecular weight excluding hydrogens is 402 g/mol. The van der Waals surface area contributed by atoms with Crippen LogP contribution in [0.3, 0.4) is 0 Å². The smallest absolute Gasteiger partial charge is 0.113 e. The predicted octanol–water partition coefficient (Wildman–Crippen LogP) is 2.07. The molecule has 2 heterocycles. The Morgan fingerprint density at radius 3 is 2.50 bits per heavy atom. The van der Waals surface area contributed by atoms with E-state index in [1.165, 1.54) is 15.0 Å². The molecular formula is C23H27NO5S. The summed E-state index contributed by atoms with van der Waals surface area (Å²) < 4.78 is 6.93. The summed E-state index contributed by atoms with van der Waals surface area (Å²) in [6.45, 7) is -0.433. The number of ether oxygens (including phenoxy) is 1. The molecule has 1 aromatic heterocycles. The molecule has 2 aromatic carbocycles. The Balaban J connectivity index is 1.57. The van der Waals surface area contributed by atoms with Crippen molar-refractivity contribution in [3.8, 4) is 0 Å². The molecule has 7 heteroatoms. The fourth-order valence-corrected chi connectivity index (χ4v) is 4.99.